The number of rotatable bonds is 2. The van der Waals surface area contributed by atoms with Crippen LogP contribution in [0.2, 0.25) is 0 Å². The molecule has 98 valence electrons. The minimum absolute atomic E-state index is 0.454. The molecule has 18 heavy (non-hydrogen) atoms. The summed E-state index contributed by atoms with van der Waals surface area (Å²) in [6, 6.07) is 6.44. The van der Waals surface area contributed by atoms with Crippen molar-refractivity contribution in [3.8, 4) is 0 Å². The number of aromatic nitrogens is 1. The largest absolute Gasteiger partial charge is 0.355 e. The lowest BCUT2D eigenvalue weighted by atomic mass is 9.85. The van der Waals surface area contributed by atoms with Gasteiger partial charge in [-0.2, -0.15) is 0 Å². The Morgan fingerprint density at radius 1 is 1.22 bits per heavy atom. The second kappa shape index (κ2) is 4.23. The van der Waals surface area contributed by atoms with E-state index >= 15 is 0 Å². The fourth-order valence-corrected chi connectivity index (χ4v) is 3.16. The van der Waals surface area contributed by atoms with Gasteiger partial charge in [-0.05, 0) is 37.9 Å². The molecule has 3 heteroatoms. The lowest BCUT2D eigenvalue weighted by Gasteiger charge is -2.48. The summed E-state index contributed by atoms with van der Waals surface area (Å²) in [5.74, 6) is 1.67. The Morgan fingerprint density at radius 2 is 2.00 bits per heavy atom. The molecular weight excluding hydrogens is 222 g/mol. The molecule has 1 spiro atoms. The van der Waals surface area contributed by atoms with Crippen molar-refractivity contribution in [3.63, 3.8) is 0 Å². The predicted molar refractivity (Wildman–Crippen MR) is 75.1 cm³/mol. The molecular formula is C15H23N3. The summed E-state index contributed by atoms with van der Waals surface area (Å²) in [5, 5.41) is 0. The number of hydrogen-bond donors (Lipinski definition) is 0. The summed E-state index contributed by atoms with van der Waals surface area (Å²) >= 11 is 0. The number of hydrogen-bond acceptors (Lipinski definition) is 3. The Bertz CT molecular complexity index is 443. The molecule has 3 nitrogen and oxygen atoms in total. The van der Waals surface area contributed by atoms with Gasteiger partial charge in [0.15, 0.2) is 0 Å². The molecule has 3 rings (SSSR count). The van der Waals surface area contributed by atoms with Gasteiger partial charge in [-0.25, -0.2) is 4.98 Å². The minimum Gasteiger partial charge on any atom is -0.355 e. The zero-order chi connectivity index (χ0) is 12.8. The molecule has 0 N–H and O–H groups in total. The van der Waals surface area contributed by atoms with Crippen molar-refractivity contribution in [2.45, 2.75) is 38.1 Å². The summed E-state index contributed by atoms with van der Waals surface area (Å²) in [7, 11) is 2.25. The third-order valence-electron chi connectivity index (χ3n) is 4.73. The van der Waals surface area contributed by atoms with Crippen LogP contribution in [0.5, 0.6) is 0 Å². The zero-order valence-corrected chi connectivity index (χ0v) is 11.7. The lowest BCUT2D eigenvalue weighted by molar-refractivity contribution is 0.0307. The molecule has 2 aliphatic heterocycles. The van der Waals surface area contributed by atoms with Crippen LogP contribution >= 0.6 is 0 Å². The molecule has 1 aromatic heterocycles. The van der Waals surface area contributed by atoms with Crippen molar-refractivity contribution in [2.24, 2.45) is 0 Å². The van der Waals surface area contributed by atoms with Gasteiger partial charge in [0.2, 0.25) is 0 Å². The number of nitrogens with zero attached hydrogens (tertiary/aromatic N) is 3. The molecule has 0 amide bonds. The quantitative estimate of drug-likeness (QED) is 0.798. The second-order valence-corrected chi connectivity index (χ2v) is 6.14. The first-order valence-corrected chi connectivity index (χ1v) is 7.04. The van der Waals surface area contributed by atoms with Crippen LogP contribution in [0.1, 0.15) is 38.3 Å². The third-order valence-corrected chi connectivity index (χ3v) is 4.73. The maximum atomic E-state index is 4.81. The van der Waals surface area contributed by atoms with Gasteiger partial charge in [0.25, 0.3) is 0 Å². The number of pyridine rings is 1. The lowest BCUT2D eigenvalue weighted by Crippen LogP contribution is -2.59. The topological polar surface area (TPSA) is 19.4 Å². The molecule has 0 aromatic carbocycles. The van der Waals surface area contributed by atoms with Crippen molar-refractivity contribution in [3.05, 3.63) is 23.9 Å². The highest BCUT2D eigenvalue weighted by molar-refractivity contribution is 5.43. The fourth-order valence-electron chi connectivity index (χ4n) is 3.16. The van der Waals surface area contributed by atoms with Gasteiger partial charge < -0.3 is 4.90 Å². The highest BCUT2D eigenvalue weighted by atomic mass is 15.3. The van der Waals surface area contributed by atoms with Gasteiger partial charge in [0.05, 0.1) is 0 Å². The van der Waals surface area contributed by atoms with Gasteiger partial charge >= 0.3 is 0 Å². The van der Waals surface area contributed by atoms with Gasteiger partial charge in [-0.3, -0.25) is 4.90 Å². The van der Waals surface area contributed by atoms with E-state index in [0.717, 1.165) is 13.1 Å². The Balaban J connectivity index is 1.78. The van der Waals surface area contributed by atoms with Gasteiger partial charge in [0, 0.05) is 30.9 Å². The molecule has 0 saturated carbocycles. The molecule has 1 aromatic rings. The van der Waals surface area contributed by atoms with Crippen molar-refractivity contribution in [2.75, 3.05) is 31.6 Å². The molecule has 2 aliphatic rings. The Hall–Kier alpha value is -1.09. The molecule has 2 fully saturated rings. The molecule has 2 saturated heterocycles. The fraction of sp³-hybridized carbons (Fsp3) is 0.667. The van der Waals surface area contributed by atoms with Crippen LogP contribution in [0.4, 0.5) is 5.82 Å². The molecule has 0 bridgehead atoms. The average molecular weight is 245 g/mol. The van der Waals surface area contributed by atoms with E-state index in [1.165, 1.54) is 30.9 Å². The number of likely N-dealkylation sites (N-methyl/N-ethyl adjacent to an activating group) is 1. The maximum Gasteiger partial charge on any atom is 0.128 e. The van der Waals surface area contributed by atoms with Crippen LogP contribution in [0.25, 0.3) is 0 Å². The number of likely N-dealkylation sites (tertiary alicyclic amines) is 1. The Kier molecular flexibility index (Phi) is 2.81. The maximum absolute atomic E-state index is 4.81. The van der Waals surface area contributed by atoms with E-state index in [4.69, 9.17) is 4.98 Å². The zero-order valence-electron chi connectivity index (χ0n) is 11.7. The van der Waals surface area contributed by atoms with E-state index in [1.54, 1.807) is 0 Å². The third kappa shape index (κ3) is 1.81. The first kappa shape index (κ1) is 12.0. The second-order valence-electron chi connectivity index (χ2n) is 6.14. The van der Waals surface area contributed by atoms with Gasteiger partial charge in [-0.1, -0.05) is 19.9 Å². The molecule has 0 radical (unpaired) electrons. The predicted octanol–water partition coefficient (Wildman–Crippen LogP) is 2.49. The highest BCUT2D eigenvalue weighted by Gasteiger charge is 2.47. The van der Waals surface area contributed by atoms with E-state index in [1.807, 2.05) is 0 Å². The normalized spacial score (nSPS) is 28.1. The van der Waals surface area contributed by atoms with Crippen LogP contribution in [0, 0.1) is 0 Å². The summed E-state index contributed by atoms with van der Waals surface area (Å²) in [4.78, 5) is 9.78. The van der Waals surface area contributed by atoms with E-state index < -0.39 is 0 Å². The molecule has 1 atom stereocenters. The van der Waals surface area contributed by atoms with Crippen molar-refractivity contribution in [1.29, 1.82) is 0 Å². The van der Waals surface area contributed by atoms with Crippen LogP contribution in [0.15, 0.2) is 18.2 Å². The van der Waals surface area contributed by atoms with E-state index in [-0.39, 0.29) is 0 Å². The smallest absolute Gasteiger partial charge is 0.128 e. The Labute approximate surface area is 110 Å². The SMILES string of the molecule is CC(C)c1cccc(N2CCC3(CCN3C)C2)n1. The average Bonchev–Trinajstić information content (AvgIpc) is 2.85. The van der Waals surface area contributed by atoms with Crippen molar-refractivity contribution < 1.29 is 0 Å². The van der Waals surface area contributed by atoms with E-state index in [9.17, 15) is 0 Å². The standard InChI is InChI=1S/C15H23N3/c1-12(2)13-5-4-6-14(16-13)18-10-8-15(11-18)7-9-17(15)3/h4-6,12H,7-11H2,1-3H3. The van der Waals surface area contributed by atoms with E-state index in [0.29, 0.717) is 11.5 Å². The van der Waals surface area contributed by atoms with Gasteiger partial charge in [-0.15, -0.1) is 0 Å². The molecule has 0 aliphatic carbocycles. The highest BCUT2D eigenvalue weighted by Crippen LogP contribution is 2.39. The van der Waals surface area contributed by atoms with Crippen LogP contribution in [-0.2, 0) is 0 Å². The monoisotopic (exact) mass is 245 g/mol. The first-order chi connectivity index (χ1) is 8.61. The molecule has 1 unspecified atom stereocenters. The summed E-state index contributed by atoms with van der Waals surface area (Å²) in [5.41, 5.74) is 1.66. The summed E-state index contributed by atoms with van der Waals surface area (Å²) < 4.78 is 0. The van der Waals surface area contributed by atoms with Gasteiger partial charge in [0.1, 0.15) is 5.82 Å². The summed E-state index contributed by atoms with van der Waals surface area (Å²) in [6.07, 6.45) is 2.64. The van der Waals surface area contributed by atoms with Crippen molar-refractivity contribution in [1.82, 2.24) is 9.88 Å². The van der Waals surface area contributed by atoms with Crippen molar-refractivity contribution >= 4 is 5.82 Å². The molecule has 3 heterocycles. The van der Waals surface area contributed by atoms with Crippen LogP contribution in [-0.4, -0.2) is 42.1 Å². The first-order valence-electron chi connectivity index (χ1n) is 7.04. The van der Waals surface area contributed by atoms with E-state index in [2.05, 4.69) is 48.9 Å². The number of anilines is 1. The Morgan fingerprint density at radius 3 is 2.56 bits per heavy atom. The van der Waals surface area contributed by atoms with Crippen LogP contribution < -0.4 is 4.90 Å². The minimum atomic E-state index is 0.454. The summed E-state index contributed by atoms with van der Waals surface area (Å²) in [6.45, 7) is 7.97. The van der Waals surface area contributed by atoms with Crippen LogP contribution in [0.3, 0.4) is 0 Å².